The second kappa shape index (κ2) is 3.95. The van der Waals surface area contributed by atoms with E-state index in [-0.39, 0.29) is 6.17 Å². The Labute approximate surface area is 80.5 Å². The van der Waals surface area contributed by atoms with E-state index in [1.165, 1.54) is 25.7 Å². The van der Waals surface area contributed by atoms with Crippen LogP contribution in [0, 0.1) is 5.92 Å². The van der Waals surface area contributed by atoms with E-state index in [2.05, 4.69) is 17.6 Å². The van der Waals surface area contributed by atoms with Crippen molar-refractivity contribution in [3.05, 3.63) is 0 Å². The highest BCUT2D eigenvalue weighted by Crippen LogP contribution is 2.24. The van der Waals surface area contributed by atoms with Crippen molar-refractivity contribution >= 4 is 0 Å². The van der Waals surface area contributed by atoms with E-state index in [1.807, 2.05) is 0 Å². The molecule has 3 heteroatoms. The normalized spacial score (nSPS) is 46.6. The lowest BCUT2D eigenvalue weighted by Crippen LogP contribution is -2.64. The third-order valence-corrected chi connectivity index (χ3v) is 3.47. The highest BCUT2D eigenvalue weighted by molar-refractivity contribution is 4.93. The van der Waals surface area contributed by atoms with Crippen LogP contribution in [0.25, 0.3) is 0 Å². The quantitative estimate of drug-likeness (QED) is 0.510. The Kier molecular flexibility index (Phi) is 2.86. The molecule has 1 saturated carbocycles. The highest BCUT2D eigenvalue weighted by Gasteiger charge is 2.32. The van der Waals surface area contributed by atoms with Gasteiger partial charge in [-0.05, 0) is 18.8 Å². The molecule has 0 aromatic heterocycles. The van der Waals surface area contributed by atoms with E-state index in [0.29, 0.717) is 12.1 Å². The Morgan fingerprint density at radius 3 is 2.85 bits per heavy atom. The number of fused-ring (bicyclic) bond motifs is 1. The molecule has 0 aromatic rings. The van der Waals surface area contributed by atoms with Gasteiger partial charge in [-0.15, -0.1) is 0 Å². The van der Waals surface area contributed by atoms with Gasteiger partial charge in [0.15, 0.2) is 0 Å². The van der Waals surface area contributed by atoms with Crippen LogP contribution in [0.5, 0.6) is 0 Å². The lowest BCUT2D eigenvalue weighted by atomic mass is 9.91. The summed E-state index contributed by atoms with van der Waals surface area (Å²) in [6, 6.07) is 1.27. The van der Waals surface area contributed by atoms with Crippen molar-refractivity contribution in [2.24, 2.45) is 11.7 Å². The SMILES string of the molecule is CC1CCCCC2NC(N)CNC12. The minimum Gasteiger partial charge on any atom is -0.315 e. The molecule has 1 saturated heterocycles. The Morgan fingerprint density at radius 1 is 1.23 bits per heavy atom. The molecule has 4 N–H and O–H groups in total. The largest absolute Gasteiger partial charge is 0.315 e. The molecule has 0 aromatic carbocycles. The van der Waals surface area contributed by atoms with Crippen molar-refractivity contribution in [1.82, 2.24) is 10.6 Å². The molecule has 0 spiro atoms. The van der Waals surface area contributed by atoms with Crippen LogP contribution in [0.4, 0.5) is 0 Å². The number of rotatable bonds is 0. The molecule has 2 aliphatic rings. The van der Waals surface area contributed by atoms with E-state index in [4.69, 9.17) is 5.73 Å². The van der Waals surface area contributed by atoms with Gasteiger partial charge < -0.3 is 11.1 Å². The molecule has 2 fully saturated rings. The van der Waals surface area contributed by atoms with Crippen LogP contribution in [0.3, 0.4) is 0 Å². The van der Waals surface area contributed by atoms with Gasteiger partial charge in [0.2, 0.25) is 0 Å². The molecule has 0 bridgehead atoms. The summed E-state index contributed by atoms with van der Waals surface area (Å²) < 4.78 is 0. The predicted molar refractivity (Wildman–Crippen MR) is 54.3 cm³/mol. The molecule has 4 atom stereocenters. The molecule has 2 rings (SSSR count). The van der Waals surface area contributed by atoms with Crippen LogP contribution in [-0.2, 0) is 0 Å². The first kappa shape index (κ1) is 9.44. The topological polar surface area (TPSA) is 50.1 Å². The van der Waals surface area contributed by atoms with Gasteiger partial charge in [-0.1, -0.05) is 19.8 Å². The summed E-state index contributed by atoms with van der Waals surface area (Å²) in [6.45, 7) is 3.28. The third-order valence-electron chi connectivity index (χ3n) is 3.47. The van der Waals surface area contributed by atoms with Gasteiger partial charge in [0.05, 0.1) is 6.17 Å². The zero-order valence-electron chi connectivity index (χ0n) is 8.42. The molecule has 1 aliphatic carbocycles. The zero-order chi connectivity index (χ0) is 9.26. The molecular weight excluding hydrogens is 162 g/mol. The Hall–Kier alpha value is -0.120. The van der Waals surface area contributed by atoms with Crippen LogP contribution in [-0.4, -0.2) is 24.8 Å². The van der Waals surface area contributed by atoms with E-state index >= 15 is 0 Å². The van der Waals surface area contributed by atoms with E-state index in [0.717, 1.165) is 12.5 Å². The van der Waals surface area contributed by atoms with Crippen molar-refractivity contribution in [1.29, 1.82) is 0 Å². The van der Waals surface area contributed by atoms with Crippen molar-refractivity contribution < 1.29 is 0 Å². The Morgan fingerprint density at radius 2 is 2.00 bits per heavy atom. The number of nitrogens with one attached hydrogen (secondary N) is 2. The van der Waals surface area contributed by atoms with E-state index < -0.39 is 0 Å². The zero-order valence-corrected chi connectivity index (χ0v) is 8.42. The second-order valence-electron chi connectivity index (χ2n) is 4.58. The van der Waals surface area contributed by atoms with Crippen LogP contribution < -0.4 is 16.4 Å². The molecule has 76 valence electrons. The standard InChI is InChI=1S/C10H21N3/c1-7-4-2-3-5-8-10(7)12-6-9(11)13-8/h7-10,12-13H,2-6,11H2,1H3. The number of hydrogen-bond acceptors (Lipinski definition) is 3. The minimum absolute atomic E-state index is 0.159. The monoisotopic (exact) mass is 183 g/mol. The highest BCUT2D eigenvalue weighted by atomic mass is 15.2. The minimum atomic E-state index is 0.159. The lowest BCUT2D eigenvalue weighted by molar-refractivity contribution is 0.219. The smallest absolute Gasteiger partial charge is 0.0677 e. The number of nitrogens with two attached hydrogens (primary N) is 1. The number of hydrogen-bond donors (Lipinski definition) is 3. The first-order chi connectivity index (χ1) is 6.27. The molecule has 1 heterocycles. The molecule has 0 radical (unpaired) electrons. The summed E-state index contributed by atoms with van der Waals surface area (Å²) in [4.78, 5) is 0. The predicted octanol–water partition coefficient (Wildman–Crippen LogP) is 0.411. The van der Waals surface area contributed by atoms with Gasteiger partial charge in [-0.25, -0.2) is 0 Å². The molecule has 3 nitrogen and oxygen atoms in total. The first-order valence-corrected chi connectivity index (χ1v) is 5.52. The molecule has 4 unspecified atom stereocenters. The molecule has 0 amide bonds. The summed E-state index contributed by atoms with van der Waals surface area (Å²) >= 11 is 0. The van der Waals surface area contributed by atoms with Crippen LogP contribution in [0.1, 0.15) is 32.6 Å². The van der Waals surface area contributed by atoms with Gasteiger partial charge in [0.1, 0.15) is 0 Å². The lowest BCUT2D eigenvalue weighted by Gasteiger charge is -2.38. The van der Waals surface area contributed by atoms with Crippen molar-refractivity contribution in [2.75, 3.05) is 6.54 Å². The van der Waals surface area contributed by atoms with Crippen molar-refractivity contribution in [3.8, 4) is 0 Å². The summed E-state index contributed by atoms with van der Waals surface area (Å²) in [5, 5.41) is 7.08. The first-order valence-electron chi connectivity index (χ1n) is 5.52. The maximum atomic E-state index is 5.86. The van der Waals surface area contributed by atoms with Crippen LogP contribution in [0.15, 0.2) is 0 Å². The van der Waals surface area contributed by atoms with Crippen LogP contribution in [0.2, 0.25) is 0 Å². The number of piperazine rings is 1. The van der Waals surface area contributed by atoms with Crippen LogP contribution >= 0.6 is 0 Å². The maximum Gasteiger partial charge on any atom is 0.0677 e. The fourth-order valence-electron chi connectivity index (χ4n) is 2.71. The van der Waals surface area contributed by atoms with E-state index in [9.17, 15) is 0 Å². The molecular formula is C10H21N3. The average Bonchev–Trinajstić information content (AvgIpc) is 2.28. The average molecular weight is 183 g/mol. The summed E-state index contributed by atoms with van der Waals surface area (Å²) in [6.07, 6.45) is 5.55. The van der Waals surface area contributed by atoms with Gasteiger partial charge in [-0.2, -0.15) is 0 Å². The van der Waals surface area contributed by atoms with Gasteiger partial charge in [0, 0.05) is 18.6 Å². The summed E-state index contributed by atoms with van der Waals surface area (Å²) in [7, 11) is 0. The van der Waals surface area contributed by atoms with Crippen molar-refractivity contribution in [2.45, 2.75) is 50.9 Å². The van der Waals surface area contributed by atoms with Gasteiger partial charge in [-0.3, -0.25) is 5.32 Å². The summed E-state index contributed by atoms with van der Waals surface area (Å²) in [5.41, 5.74) is 5.86. The third kappa shape index (κ3) is 2.03. The van der Waals surface area contributed by atoms with E-state index in [1.54, 1.807) is 0 Å². The fourth-order valence-corrected chi connectivity index (χ4v) is 2.71. The maximum absolute atomic E-state index is 5.86. The second-order valence-corrected chi connectivity index (χ2v) is 4.58. The van der Waals surface area contributed by atoms with Crippen molar-refractivity contribution in [3.63, 3.8) is 0 Å². The summed E-state index contributed by atoms with van der Waals surface area (Å²) in [5.74, 6) is 0.799. The Balaban J connectivity index is 2.02. The molecule has 1 aliphatic heterocycles. The fraction of sp³-hybridized carbons (Fsp3) is 1.00. The molecule has 13 heavy (non-hydrogen) atoms. The van der Waals surface area contributed by atoms with Gasteiger partial charge >= 0.3 is 0 Å². The van der Waals surface area contributed by atoms with Gasteiger partial charge in [0.25, 0.3) is 0 Å². The Bertz CT molecular complexity index is 172.